The number of aromatic nitrogens is 3. The van der Waals surface area contributed by atoms with E-state index in [1.165, 1.54) is 17.8 Å². The minimum atomic E-state index is -0.342. The van der Waals surface area contributed by atoms with Crippen molar-refractivity contribution < 1.29 is 13.9 Å². The summed E-state index contributed by atoms with van der Waals surface area (Å²) in [5.74, 6) is 0.613. The molecule has 1 aromatic carbocycles. The van der Waals surface area contributed by atoms with Crippen molar-refractivity contribution in [3.8, 4) is 5.75 Å². The quantitative estimate of drug-likeness (QED) is 0.526. The van der Waals surface area contributed by atoms with Crippen molar-refractivity contribution in [1.82, 2.24) is 14.8 Å². The first-order chi connectivity index (χ1) is 10.3. The predicted octanol–water partition coefficient (Wildman–Crippen LogP) is 2.62. The Hall–Kier alpha value is -1.60. The zero-order valence-electron chi connectivity index (χ0n) is 11.9. The average molecular weight is 311 g/mol. The van der Waals surface area contributed by atoms with E-state index in [0.29, 0.717) is 19.0 Å². The molecule has 2 rings (SSSR count). The number of benzene rings is 1. The van der Waals surface area contributed by atoms with Crippen LogP contribution in [0.3, 0.4) is 0 Å². The average Bonchev–Trinajstić information content (AvgIpc) is 2.93. The van der Waals surface area contributed by atoms with E-state index >= 15 is 0 Å². The number of hydrogen-bond acceptors (Lipinski definition) is 5. The molecule has 21 heavy (non-hydrogen) atoms. The SMILES string of the molecule is COCCCn1cnnc1SCCOc1ccccc1F. The van der Waals surface area contributed by atoms with Crippen LogP contribution in [0.5, 0.6) is 5.75 Å². The van der Waals surface area contributed by atoms with Gasteiger partial charge in [0.2, 0.25) is 0 Å². The van der Waals surface area contributed by atoms with E-state index in [0.717, 1.165) is 18.1 Å². The molecule has 0 radical (unpaired) electrons. The van der Waals surface area contributed by atoms with Gasteiger partial charge in [0, 0.05) is 26.0 Å². The first-order valence-corrected chi connectivity index (χ1v) is 7.66. The molecular formula is C14H18FN3O2S. The number of aryl methyl sites for hydroxylation is 1. The third-order valence-corrected chi connectivity index (χ3v) is 3.68. The molecular weight excluding hydrogens is 293 g/mol. The van der Waals surface area contributed by atoms with Crippen molar-refractivity contribution in [3.63, 3.8) is 0 Å². The molecule has 0 aliphatic carbocycles. The predicted molar refractivity (Wildman–Crippen MR) is 79.1 cm³/mol. The third kappa shape index (κ3) is 5.02. The molecule has 0 N–H and O–H groups in total. The number of ether oxygens (including phenoxy) is 2. The summed E-state index contributed by atoms with van der Waals surface area (Å²) < 4.78 is 25.8. The minimum absolute atomic E-state index is 0.277. The standard InChI is InChI=1S/C14H18FN3O2S/c1-19-8-4-7-18-11-16-17-14(18)21-10-9-20-13-6-3-2-5-12(13)15/h2-3,5-6,11H,4,7-10H2,1H3. The second kappa shape index (κ2) is 8.63. The van der Waals surface area contributed by atoms with Gasteiger partial charge in [0.15, 0.2) is 16.7 Å². The lowest BCUT2D eigenvalue weighted by Gasteiger charge is -2.07. The van der Waals surface area contributed by atoms with Gasteiger partial charge in [0.1, 0.15) is 6.33 Å². The van der Waals surface area contributed by atoms with E-state index in [1.54, 1.807) is 31.6 Å². The molecule has 0 saturated heterocycles. The molecule has 0 amide bonds. The third-order valence-electron chi connectivity index (χ3n) is 2.74. The molecule has 0 fully saturated rings. The second-order valence-electron chi connectivity index (χ2n) is 4.28. The summed E-state index contributed by atoms with van der Waals surface area (Å²) in [6.45, 7) is 1.94. The molecule has 2 aromatic rings. The summed E-state index contributed by atoms with van der Waals surface area (Å²) >= 11 is 1.54. The van der Waals surface area contributed by atoms with Crippen molar-refractivity contribution in [2.24, 2.45) is 0 Å². The van der Waals surface area contributed by atoms with Crippen molar-refractivity contribution >= 4 is 11.8 Å². The first-order valence-electron chi connectivity index (χ1n) is 6.68. The maximum absolute atomic E-state index is 13.4. The fraction of sp³-hybridized carbons (Fsp3) is 0.429. The topological polar surface area (TPSA) is 49.2 Å². The number of halogens is 1. The lowest BCUT2D eigenvalue weighted by atomic mass is 10.3. The zero-order chi connectivity index (χ0) is 14.9. The van der Waals surface area contributed by atoms with Crippen LogP contribution in [0.2, 0.25) is 0 Å². The Morgan fingerprint density at radius 2 is 2.14 bits per heavy atom. The van der Waals surface area contributed by atoms with E-state index in [2.05, 4.69) is 10.2 Å². The van der Waals surface area contributed by atoms with Gasteiger partial charge in [0.05, 0.1) is 6.61 Å². The van der Waals surface area contributed by atoms with Gasteiger partial charge in [-0.15, -0.1) is 10.2 Å². The highest BCUT2D eigenvalue weighted by atomic mass is 32.2. The van der Waals surface area contributed by atoms with Crippen LogP contribution in [0.1, 0.15) is 6.42 Å². The number of para-hydroxylation sites is 1. The van der Waals surface area contributed by atoms with Gasteiger partial charge >= 0.3 is 0 Å². The molecule has 5 nitrogen and oxygen atoms in total. The van der Waals surface area contributed by atoms with Gasteiger partial charge in [-0.25, -0.2) is 4.39 Å². The van der Waals surface area contributed by atoms with Crippen molar-refractivity contribution in [2.75, 3.05) is 26.1 Å². The van der Waals surface area contributed by atoms with Gasteiger partial charge in [-0.1, -0.05) is 23.9 Å². The summed E-state index contributed by atoms with van der Waals surface area (Å²) in [4.78, 5) is 0. The van der Waals surface area contributed by atoms with E-state index in [4.69, 9.17) is 9.47 Å². The normalized spacial score (nSPS) is 10.8. The Balaban J connectivity index is 1.74. The highest BCUT2D eigenvalue weighted by Crippen LogP contribution is 2.18. The van der Waals surface area contributed by atoms with Crippen LogP contribution in [0, 0.1) is 5.82 Å². The maximum atomic E-state index is 13.4. The van der Waals surface area contributed by atoms with E-state index in [9.17, 15) is 4.39 Å². The molecule has 114 valence electrons. The van der Waals surface area contributed by atoms with Crippen LogP contribution >= 0.6 is 11.8 Å². The Morgan fingerprint density at radius 3 is 2.95 bits per heavy atom. The second-order valence-corrected chi connectivity index (χ2v) is 5.34. The summed E-state index contributed by atoms with van der Waals surface area (Å²) in [5.41, 5.74) is 0. The number of rotatable bonds is 9. The minimum Gasteiger partial charge on any atom is -0.490 e. The summed E-state index contributed by atoms with van der Waals surface area (Å²) in [6, 6.07) is 6.39. The molecule has 0 atom stereocenters. The smallest absolute Gasteiger partial charge is 0.191 e. The van der Waals surface area contributed by atoms with E-state index in [1.807, 2.05) is 4.57 Å². The van der Waals surface area contributed by atoms with E-state index < -0.39 is 0 Å². The Bertz CT molecular complexity index is 551. The molecule has 0 aliphatic heterocycles. The number of thioether (sulfide) groups is 1. The lowest BCUT2D eigenvalue weighted by Crippen LogP contribution is -2.05. The fourth-order valence-electron chi connectivity index (χ4n) is 1.74. The fourth-order valence-corrected chi connectivity index (χ4v) is 2.49. The van der Waals surface area contributed by atoms with Gasteiger partial charge in [-0.2, -0.15) is 0 Å². The summed E-state index contributed by atoms with van der Waals surface area (Å²) in [6.07, 6.45) is 2.61. The van der Waals surface area contributed by atoms with Crippen LogP contribution in [0.4, 0.5) is 4.39 Å². The van der Waals surface area contributed by atoms with Crippen molar-refractivity contribution in [3.05, 3.63) is 36.4 Å². The summed E-state index contributed by atoms with van der Waals surface area (Å²) in [7, 11) is 1.68. The Kier molecular flexibility index (Phi) is 6.49. The van der Waals surface area contributed by atoms with Gasteiger partial charge in [-0.3, -0.25) is 0 Å². The number of nitrogens with zero attached hydrogens (tertiary/aromatic N) is 3. The largest absolute Gasteiger partial charge is 0.490 e. The molecule has 1 heterocycles. The van der Waals surface area contributed by atoms with Crippen LogP contribution in [-0.4, -0.2) is 40.8 Å². The number of methoxy groups -OCH3 is 1. The molecule has 0 bridgehead atoms. The Labute approximate surface area is 127 Å². The maximum Gasteiger partial charge on any atom is 0.191 e. The molecule has 1 aromatic heterocycles. The van der Waals surface area contributed by atoms with Crippen LogP contribution in [0.15, 0.2) is 35.7 Å². The van der Waals surface area contributed by atoms with Crippen LogP contribution in [-0.2, 0) is 11.3 Å². The highest BCUT2D eigenvalue weighted by Gasteiger charge is 2.06. The first kappa shape index (κ1) is 15.8. The molecule has 0 unspecified atom stereocenters. The zero-order valence-corrected chi connectivity index (χ0v) is 12.7. The van der Waals surface area contributed by atoms with Gasteiger partial charge < -0.3 is 14.0 Å². The number of hydrogen-bond donors (Lipinski definition) is 0. The molecule has 0 spiro atoms. The molecule has 0 aliphatic rings. The van der Waals surface area contributed by atoms with Crippen LogP contribution in [0.25, 0.3) is 0 Å². The Morgan fingerprint density at radius 1 is 1.29 bits per heavy atom. The van der Waals surface area contributed by atoms with Crippen LogP contribution < -0.4 is 4.74 Å². The van der Waals surface area contributed by atoms with Gasteiger partial charge in [-0.05, 0) is 18.6 Å². The van der Waals surface area contributed by atoms with Crippen molar-refractivity contribution in [1.29, 1.82) is 0 Å². The summed E-state index contributed by atoms with van der Waals surface area (Å²) in [5, 5.41) is 8.80. The van der Waals surface area contributed by atoms with Crippen molar-refractivity contribution in [2.45, 2.75) is 18.1 Å². The highest BCUT2D eigenvalue weighted by molar-refractivity contribution is 7.99. The van der Waals surface area contributed by atoms with Gasteiger partial charge in [0.25, 0.3) is 0 Å². The monoisotopic (exact) mass is 311 g/mol. The van der Waals surface area contributed by atoms with E-state index in [-0.39, 0.29) is 11.6 Å². The molecule has 7 heteroatoms. The molecule has 0 saturated carbocycles. The lowest BCUT2D eigenvalue weighted by molar-refractivity contribution is 0.189.